The van der Waals surface area contributed by atoms with E-state index < -0.39 is 23.1 Å². The van der Waals surface area contributed by atoms with E-state index >= 15 is 0 Å². The molecule has 3 heterocycles. The molecule has 3 aliphatic rings. The van der Waals surface area contributed by atoms with Crippen LogP contribution in [0.5, 0.6) is 0 Å². The second kappa shape index (κ2) is 9.69. The number of para-hydroxylation sites is 1. The maximum absolute atomic E-state index is 14.2. The maximum atomic E-state index is 14.2. The summed E-state index contributed by atoms with van der Waals surface area (Å²) in [6, 6.07) is 11.4. The fourth-order valence-electron chi connectivity index (χ4n) is 4.66. The van der Waals surface area contributed by atoms with Crippen molar-refractivity contribution in [3.8, 4) is 0 Å². The molecule has 0 bridgehead atoms. The fourth-order valence-corrected chi connectivity index (χ4v) is 5.72. The Morgan fingerprint density at radius 1 is 0.943 bits per heavy atom. The zero-order chi connectivity index (χ0) is 24.5. The van der Waals surface area contributed by atoms with Gasteiger partial charge >= 0.3 is 6.03 Å². The van der Waals surface area contributed by atoms with E-state index in [9.17, 15) is 23.2 Å². The van der Waals surface area contributed by atoms with Gasteiger partial charge in [-0.15, -0.1) is 11.8 Å². The van der Waals surface area contributed by atoms with Crippen LogP contribution >= 0.6 is 11.8 Å². The summed E-state index contributed by atoms with van der Waals surface area (Å²) in [5.41, 5.74) is 0.739. The van der Waals surface area contributed by atoms with E-state index in [0.29, 0.717) is 31.9 Å². The highest BCUT2D eigenvalue weighted by atomic mass is 32.2. The Kier molecular flexibility index (Phi) is 6.46. The average Bonchev–Trinajstić information content (AvgIpc) is 3.36. The van der Waals surface area contributed by atoms with Crippen LogP contribution in [-0.4, -0.2) is 76.6 Å². The number of halogens is 2. The van der Waals surface area contributed by atoms with Crippen LogP contribution in [0.3, 0.4) is 0 Å². The van der Waals surface area contributed by atoms with E-state index in [-0.39, 0.29) is 36.3 Å². The zero-order valence-corrected chi connectivity index (χ0v) is 19.7. The number of rotatable bonds is 5. The summed E-state index contributed by atoms with van der Waals surface area (Å²) in [5.74, 6) is -1.43. The van der Waals surface area contributed by atoms with Crippen molar-refractivity contribution in [2.75, 3.05) is 37.6 Å². The summed E-state index contributed by atoms with van der Waals surface area (Å²) in [5, 5.41) is 1.20. The van der Waals surface area contributed by atoms with Gasteiger partial charge < -0.3 is 14.7 Å². The number of nitrogens with zero attached hydrogens (tertiary/aromatic N) is 4. The van der Waals surface area contributed by atoms with Crippen LogP contribution < -0.4 is 4.90 Å². The van der Waals surface area contributed by atoms with Crippen LogP contribution in [0.25, 0.3) is 0 Å². The van der Waals surface area contributed by atoms with Crippen LogP contribution in [-0.2, 0) is 16.1 Å². The van der Waals surface area contributed by atoms with Gasteiger partial charge in [0.2, 0.25) is 11.8 Å². The molecule has 7 nitrogen and oxygen atoms in total. The minimum Gasteiger partial charge on any atom is -0.366 e. The van der Waals surface area contributed by atoms with Crippen molar-refractivity contribution in [2.45, 2.75) is 17.8 Å². The number of amides is 4. The largest absolute Gasteiger partial charge is 0.366 e. The quantitative estimate of drug-likeness (QED) is 0.634. The predicted octanol–water partition coefficient (Wildman–Crippen LogP) is 3.08. The number of imide groups is 1. The van der Waals surface area contributed by atoms with Crippen molar-refractivity contribution in [1.29, 1.82) is 0 Å². The lowest BCUT2D eigenvalue weighted by Crippen LogP contribution is -2.63. The van der Waals surface area contributed by atoms with E-state index in [4.69, 9.17) is 0 Å². The van der Waals surface area contributed by atoms with E-state index in [1.54, 1.807) is 46.7 Å². The molecule has 0 spiro atoms. The lowest BCUT2D eigenvalue weighted by molar-refractivity contribution is -0.137. The Bertz CT molecular complexity index is 1180. The van der Waals surface area contributed by atoms with Crippen molar-refractivity contribution in [3.63, 3.8) is 0 Å². The number of benzene rings is 2. The molecule has 5 rings (SSSR count). The first kappa shape index (κ1) is 23.3. The normalized spacial score (nSPS) is 22.1. The molecule has 182 valence electrons. The molecule has 0 saturated carbocycles. The molecular weight excluding hydrogens is 474 g/mol. The number of urea groups is 1. The van der Waals surface area contributed by atoms with Gasteiger partial charge in [0, 0.05) is 31.7 Å². The lowest BCUT2D eigenvalue weighted by atomic mass is 10.1. The number of fused-ring (bicyclic) bond motifs is 1. The average molecular weight is 499 g/mol. The molecule has 2 saturated heterocycles. The summed E-state index contributed by atoms with van der Waals surface area (Å²) < 4.78 is 28.4. The Hall–Kier alpha value is -3.40. The van der Waals surface area contributed by atoms with E-state index in [0.717, 1.165) is 4.90 Å². The van der Waals surface area contributed by atoms with Gasteiger partial charge in [-0.1, -0.05) is 36.4 Å². The minimum atomic E-state index is -0.606. The molecule has 4 amide bonds. The van der Waals surface area contributed by atoms with Gasteiger partial charge in [0.1, 0.15) is 23.4 Å². The SMILES string of the molecule is O=C(CN1C(=O)N(Cc2ccccc2F)C(=O)C2SC=CC21)N1CCN(c2ccccc2F)CC1. The van der Waals surface area contributed by atoms with E-state index in [1.165, 1.54) is 34.9 Å². The second-order valence-electron chi connectivity index (χ2n) is 8.62. The summed E-state index contributed by atoms with van der Waals surface area (Å²) in [4.78, 5) is 45.5. The highest BCUT2D eigenvalue weighted by molar-refractivity contribution is 8.03. The monoisotopic (exact) mass is 498 g/mol. The van der Waals surface area contributed by atoms with Gasteiger partial charge in [0.15, 0.2) is 0 Å². The smallest absolute Gasteiger partial charge is 0.328 e. The van der Waals surface area contributed by atoms with Gasteiger partial charge in [0.05, 0.1) is 18.3 Å². The van der Waals surface area contributed by atoms with Crippen molar-refractivity contribution in [1.82, 2.24) is 14.7 Å². The van der Waals surface area contributed by atoms with Crippen molar-refractivity contribution >= 4 is 35.3 Å². The molecular formula is C25H24F2N4O3S. The lowest BCUT2D eigenvalue weighted by Gasteiger charge is -2.42. The number of piperazine rings is 1. The van der Waals surface area contributed by atoms with Gasteiger partial charge in [0.25, 0.3) is 0 Å². The number of carbonyl (C=O) groups excluding carboxylic acids is 3. The fraction of sp³-hybridized carbons (Fsp3) is 0.320. The molecule has 0 aromatic heterocycles. The van der Waals surface area contributed by atoms with Gasteiger partial charge in [-0.2, -0.15) is 0 Å². The van der Waals surface area contributed by atoms with Crippen LogP contribution in [0.15, 0.2) is 60.0 Å². The Labute approximate surface area is 206 Å². The number of anilines is 1. The standard InChI is InChI=1S/C25H24F2N4O3S/c26-18-6-2-1-5-17(18)15-31-24(33)23-21(9-14-35-23)30(25(31)34)16-22(32)29-12-10-28(11-13-29)20-8-4-3-7-19(20)27/h1-9,14,21,23H,10-13,15-16H2. The Morgan fingerprint density at radius 3 is 2.34 bits per heavy atom. The molecule has 2 unspecified atom stereocenters. The first-order chi connectivity index (χ1) is 16.9. The molecule has 0 radical (unpaired) electrons. The third-order valence-electron chi connectivity index (χ3n) is 6.57. The van der Waals surface area contributed by atoms with Crippen LogP contribution in [0.1, 0.15) is 5.56 Å². The number of carbonyl (C=O) groups is 3. The highest BCUT2D eigenvalue weighted by Crippen LogP contribution is 2.35. The zero-order valence-electron chi connectivity index (χ0n) is 18.8. The maximum Gasteiger partial charge on any atom is 0.328 e. The molecule has 2 aromatic carbocycles. The molecule has 2 atom stereocenters. The number of hydrogen-bond acceptors (Lipinski definition) is 5. The molecule has 35 heavy (non-hydrogen) atoms. The molecule has 10 heteroatoms. The topological polar surface area (TPSA) is 64.2 Å². The number of thioether (sulfide) groups is 1. The van der Waals surface area contributed by atoms with Gasteiger partial charge in [-0.25, -0.2) is 13.6 Å². The molecule has 3 aliphatic heterocycles. The van der Waals surface area contributed by atoms with Crippen LogP contribution in [0, 0.1) is 11.6 Å². The van der Waals surface area contributed by atoms with E-state index in [1.807, 2.05) is 4.90 Å². The van der Waals surface area contributed by atoms with Crippen molar-refractivity contribution < 1.29 is 23.2 Å². The van der Waals surface area contributed by atoms with Crippen molar-refractivity contribution in [3.05, 3.63) is 77.2 Å². The van der Waals surface area contributed by atoms with Gasteiger partial charge in [-0.05, 0) is 23.6 Å². The second-order valence-corrected chi connectivity index (χ2v) is 9.67. The summed E-state index contributed by atoms with van der Waals surface area (Å²) in [6.45, 7) is 1.35. The summed E-state index contributed by atoms with van der Waals surface area (Å²) in [7, 11) is 0. The summed E-state index contributed by atoms with van der Waals surface area (Å²) >= 11 is 1.29. The first-order valence-corrected chi connectivity index (χ1v) is 12.3. The van der Waals surface area contributed by atoms with Crippen LogP contribution in [0.2, 0.25) is 0 Å². The minimum absolute atomic E-state index is 0.189. The number of hydrogen-bond donors (Lipinski definition) is 0. The molecule has 0 N–H and O–H groups in total. The van der Waals surface area contributed by atoms with Gasteiger partial charge in [-0.3, -0.25) is 14.5 Å². The van der Waals surface area contributed by atoms with Crippen LogP contribution in [0.4, 0.5) is 19.3 Å². The first-order valence-electron chi connectivity index (χ1n) is 11.4. The van der Waals surface area contributed by atoms with Crippen molar-refractivity contribution in [2.24, 2.45) is 0 Å². The molecule has 2 aromatic rings. The highest BCUT2D eigenvalue weighted by Gasteiger charge is 2.48. The third-order valence-corrected chi connectivity index (χ3v) is 7.66. The summed E-state index contributed by atoms with van der Waals surface area (Å²) in [6.07, 6.45) is 1.76. The third kappa shape index (κ3) is 4.50. The Balaban J connectivity index is 1.28. The Morgan fingerprint density at radius 2 is 1.63 bits per heavy atom. The predicted molar refractivity (Wildman–Crippen MR) is 129 cm³/mol. The van der Waals surface area contributed by atoms with E-state index in [2.05, 4.69) is 0 Å². The molecule has 2 fully saturated rings. The molecule has 0 aliphatic carbocycles.